The number of thioether (sulfide) groups is 1. The van der Waals surface area contributed by atoms with E-state index in [2.05, 4.69) is 0 Å². The molecule has 1 aliphatic rings. The van der Waals surface area contributed by atoms with Crippen LogP contribution in [0.4, 0.5) is 0 Å². The lowest BCUT2D eigenvalue weighted by Gasteiger charge is -2.24. The zero-order chi connectivity index (χ0) is 15.2. The summed E-state index contributed by atoms with van der Waals surface area (Å²) in [6.45, 7) is 2.80. The molecule has 0 saturated carbocycles. The molecule has 1 heterocycles. The van der Waals surface area contributed by atoms with Crippen LogP contribution in [0.5, 0.6) is 0 Å². The number of rotatable bonds is 5. The molecule has 1 aromatic carbocycles. The second kappa shape index (κ2) is 7.71. The summed E-state index contributed by atoms with van der Waals surface area (Å²) in [6, 6.07) is 7.56. The number of benzene rings is 1. The molecule has 0 aromatic heterocycles. The number of amides is 1. The lowest BCUT2D eigenvalue weighted by atomic mass is 10.2. The van der Waals surface area contributed by atoms with Crippen LogP contribution in [-0.4, -0.2) is 35.7 Å². The SMILES string of the molecule is CCOC(=O)CCC(=O)N1CCS[C@@H]1c1cccc(Cl)c1. The Bertz CT molecular complexity index is 523. The average Bonchev–Trinajstić information content (AvgIpc) is 2.94. The van der Waals surface area contributed by atoms with E-state index < -0.39 is 0 Å². The number of carbonyl (C=O) groups is 2. The quantitative estimate of drug-likeness (QED) is 0.779. The van der Waals surface area contributed by atoms with Gasteiger partial charge in [-0.3, -0.25) is 9.59 Å². The molecule has 0 aliphatic carbocycles. The highest BCUT2D eigenvalue weighted by Gasteiger charge is 2.30. The molecular formula is C15H18ClNO3S. The van der Waals surface area contributed by atoms with E-state index in [0.717, 1.165) is 11.3 Å². The van der Waals surface area contributed by atoms with Gasteiger partial charge in [0.15, 0.2) is 0 Å². The molecule has 2 rings (SSSR count). The molecule has 1 saturated heterocycles. The Morgan fingerprint density at radius 3 is 2.95 bits per heavy atom. The van der Waals surface area contributed by atoms with Crippen LogP contribution in [-0.2, 0) is 14.3 Å². The Hall–Kier alpha value is -1.20. The van der Waals surface area contributed by atoms with Crippen molar-refractivity contribution in [1.29, 1.82) is 0 Å². The molecule has 0 bridgehead atoms. The summed E-state index contributed by atoms with van der Waals surface area (Å²) in [5.74, 6) is 0.553. The first-order chi connectivity index (χ1) is 10.1. The fraction of sp³-hybridized carbons (Fsp3) is 0.467. The number of esters is 1. The molecule has 0 N–H and O–H groups in total. The van der Waals surface area contributed by atoms with Gasteiger partial charge < -0.3 is 9.64 Å². The summed E-state index contributed by atoms with van der Waals surface area (Å²) in [5.41, 5.74) is 1.02. The Labute approximate surface area is 133 Å². The van der Waals surface area contributed by atoms with Crippen molar-refractivity contribution >= 4 is 35.2 Å². The van der Waals surface area contributed by atoms with Crippen LogP contribution in [0.3, 0.4) is 0 Å². The van der Waals surface area contributed by atoms with Gasteiger partial charge in [-0.15, -0.1) is 11.8 Å². The Kier molecular flexibility index (Phi) is 5.94. The van der Waals surface area contributed by atoms with Gasteiger partial charge in [-0.1, -0.05) is 23.7 Å². The third-order valence-corrected chi connectivity index (χ3v) is 4.69. The van der Waals surface area contributed by atoms with Gasteiger partial charge in [-0.25, -0.2) is 0 Å². The van der Waals surface area contributed by atoms with Crippen molar-refractivity contribution in [3.63, 3.8) is 0 Å². The highest BCUT2D eigenvalue weighted by molar-refractivity contribution is 7.99. The molecule has 1 aromatic rings. The van der Waals surface area contributed by atoms with E-state index in [4.69, 9.17) is 16.3 Å². The minimum absolute atomic E-state index is 0.0154. The minimum atomic E-state index is -0.322. The number of hydrogen-bond donors (Lipinski definition) is 0. The van der Waals surface area contributed by atoms with Crippen LogP contribution < -0.4 is 0 Å². The second-order valence-corrected chi connectivity index (χ2v) is 6.29. The van der Waals surface area contributed by atoms with E-state index in [0.29, 0.717) is 18.2 Å². The molecule has 1 atom stereocenters. The molecule has 1 amide bonds. The van der Waals surface area contributed by atoms with Crippen LogP contribution in [0.25, 0.3) is 0 Å². The van der Waals surface area contributed by atoms with E-state index in [-0.39, 0.29) is 30.1 Å². The summed E-state index contributed by atoms with van der Waals surface area (Å²) >= 11 is 7.73. The van der Waals surface area contributed by atoms with Gasteiger partial charge in [0.05, 0.1) is 13.0 Å². The monoisotopic (exact) mass is 327 g/mol. The average molecular weight is 328 g/mol. The Morgan fingerprint density at radius 2 is 2.24 bits per heavy atom. The summed E-state index contributed by atoms with van der Waals surface area (Å²) in [5, 5.41) is 0.650. The van der Waals surface area contributed by atoms with Crippen molar-refractivity contribution in [2.45, 2.75) is 25.1 Å². The molecule has 6 heteroatoms. The molecule has 0 unspecified atom stereocenters. The normalized spacial score (nSPS) is 17.8. The van der Waals surface area contributed by atoms with E-state index >= 15 is 0 Å². The van der Waals surface area contributed by atoms with Crippen molar-refractivity contribution in [2.75, 3.05) is 18.9 Å². The molecule has 0 radical (unpaired) electrons. The van der Waals surface area contributed by atoms with Crippen LogP contribution >= 0.6 is 23.4 Å². The number of halogens is 1. The van der Waals surface area contributed by atoms with Gasteiger partial charge in [-0.05, 0) is 24.6 Å². The van der Waals surface area contributed by atoms with Crippen LogP contribution in [0.1, 0.15) is 30.7 Å². The first-order valence-electron chi connectivity index (χ1n) is 6.94. The van der Waals surface area contributed by atoms with E-state index in [1.165, 1.54) is 0 Å². The van der Waals surface area contributed by atoms with Crippen LogP contribution in [0, 0.1) is 0 Å². The van der Waals surface area contributed by atoms with E-state index in [1.807, 2.05) is 29.2 Å². The predicted molar refractivity (Wildman–Crippen MR) is 84.2 cm³/mol. The lowest BCUT2D eigenvalue weighted by molar-refractivity contribution is -0.145. The van der Waals surface area contributed by atoms with Crippen molar-refractivity contribution in [1.82, 2.24) is 4.90 Å². The zero-order valence-electron chi connectivity index (χ0n) is 11.9. The largest absolute Gasteiger partial charge is 0.466 e. The second-order valence-electron chi connectivity index (χ2n) is 4.67. The highest BCUT2D eigenvalue weighted by Crippen LogP contribution is 2.38. The van der Waals surface area contributed by atoms with E-state index in [1.54, 1.807) is 18.7 Å². The molecule has 4 nitrogen and oxygen atoms in total. The number of nitrogens with zero attached hydrogens (tertiary/aromatic N) is 1. The third-order valence-electron chi connectivity index (χ3n) is 3.19. The van der Waals surface area contributed by atoms with Gasteiger partial charge in [0, 0.05) is 23.7 Å². The fourth-order valence-electron chi connectivity index (χ4n) is 2.25. The third kappa shape index (κ3) is 4.38. The van der Waals surface area contributed by atoms with Crippen molar-refractivity contribution in [3.8, 4) is 0 Å². The lowest BCUT2D eigenvalue weighted by Crippen LogP contribution is -2.30. The molecule has 1 fully saturated rings. The molecule has 1 aliphatic heterocycles. The smallest absolute Gasteiger partial charge is 0.306 e. The standard InChI is InChI=1S/C15H18ClNO3S/c1-2-20-14(19)7-6-13(18)17-8-9-21-15(17)11-4-3-5-12(16)10-11/h3-5,10,15H,2,6-9H2,1H3/t15-/m1/s1. The van der Waals surface area contributed by atoms with Crippen molar-refractivity contribution in [2.24, 2.45) is 0 Å². The Morgan fingerprint density at radius 1 is 1.43 bits per heavy atom. The zero-order valence-corrected chi connectivity index (χ0v) is 13.5. The van der Waals surface area contributed by atoms with Crippen molar-refractivity contribution in [3.05, 3.63) is 34.9 Å². The van der Waals surface area contributed by atoms with Crippen molar-refractivity contribution < 1.29 is 14.3 Å². The summed E-state index contributed by atoms with van der Waals surface area (Å²) in [7, 11) is 0. The molecule has 21 heavy (non-hydrogen) atoms. The topological polar surface area (TPSA) is 46.6 Å². The van der Waals surface area contributed by atoms with Gasteiger partial charge in [0.2, 0.25) is 5.91 Å². The van der Waals surface area contributed by atoms with Crippen LogP contribution in [0.2, 0.25) is 5.02 Å². The number of hydrogen-bond acceptors (Lipinski definition) is 4. The number of ether oxygens (including phenoxy) is 1. The summed E-state index contributed by atoms with van der Waals surface area (Å²) in [4.78, 5) is 25.5. The van der Waals surface area contributed by atoms with Gasteiger partial charge in [0.25, 0.3) is 0 Å². The molecule has 114 valence electrons. The van der Waals surface area contributed by atoms with Crippen LogP contribution in [0.15, 0.2) is 24.3 Å². The maximum absolute atomic E-state index is 12.3. The van der Waals surface area contributed by atoms with E-state index in [9.17, 15) is 9.59 Å². The van der Waals surface area contributed by atoms with Gasteiger partial charge >= 0.3 is 5.97 Å². The summed E-state index contributed by atoms with van der Waals surface area (Å²) in [6.07, 6.45) is 0.326. The van der Waals surface area contributed by atoms with Gasteiger partial charge in [-0.2, -0.15) is 0 Å². The molecular weight excluding hydrogens is 310 g/mol. The Balaban J connectivity index is 1.98. The minimum Gasteiger partial charge on any atom is -0.466 e. The first-order valence-corrected chi connectivity index (χ1v) is 8.36. The maximum Gasteiger partial charge on any atom is 0.306 e. The number of carbonyl (C=O) groups excluding carboxylic acids is 2. The predicted octanol–water partition coefficient (Wildman–Crippen LogP) is 3.26. The first kappa shape index (κ1) is 16.2. The highest BCUT2D eigenvalue weighted by atomic mass is 35.5. The van der Waals surface area contributed by atoms with Gasteiger partial charge in [0.1, 0.15) is 5.37 Å². The summed E-state index contributed by atoms with van der Waals surface area (Å²) < 4.78 is 4.85. The fourth-order valence-corrected chi connectivity index (χ4v) is 3.71. The maximum atomic E-state index is 12.3. The molecule has 0 spiro atoms.